The molecule has 28 heavy (non-hydrogen) atoms. The van der Waals surface area contributed by atoms with E-state index >= 15 is 0 Å². The lowest BCUT2D eigenvalue weighted by Gasteiger charge is -2.22. The fourth-order valence-corrected chi connectivity index (χ4v) is 5.19. The van der Waals surface area contributed by atoms with Gasteiger partial charge in [-0.25, -0.2) is 13.2 Å². The molecule has 8 heteroatoms. The van der Waals surface area contributed by atoms with E-state index in [9.17, 15) is 13.2 Å². The van der Waals surface area contributed by atoms with Crippen molar-refractivity contribution in [1.29, 1.82) is 0 Å². The maximum Gasteiger partial charge on any atom is 0.407 e. The van der Waals surface area contributed by atoms with E-state index < -0.39 is 21.7 Å². The zero-order chi connectivity index (χ0) is 20.5. The first-order chi connectivity index (χ1) is 13.1. The van der Waals surface area contributed by atoms with Crippen LogP contribution in [0.2, 0.25) is 0 Å². The minimum absolute atomic E-state index is 0.227. The first-order valence-corrected chi connectivity index (χ1v) is 10.9. The molecule has 1 N–H and O–H groups in total. The van der Waals surface area contributed by atoms with Gasteiger partial charge in [-0.15, -0.1) is 0 Å². The molecule has 2 heterocycles. The molecule has 0 saturated carbocycles. The highest BCUT2D eigenvalue weighted by molar-refractivity contribution is 7.89. The number of alkyl carbamates (subject to hydrolysis) is 1. The van der Waals surface area contributed by atoms with Crippen LogP contribution in [-0.4, -0.2) is 48.5 Å². The standard InChI is InChI=1S/C20H27N3O4S/c1-5-14-11-21-12-15-7-6-8-17(18(14)15)28(25,26)23-10-9-16(13-23)22-19(24)27-20(2,3)4/h6-8,11-12,16H,5,9-10,13H2,1-4H3,(H,22,24)/t16-/m1/s1. The average molecular weight is 406 g/mol. The molecule has 1 aliphatic heterocycles. The molecule has 1 atom stereocenters. The van der Waals surface area contributed by atoms with Gasteiger partial charge in [0.2, 0.25) is 10.0 Å². The molecule has 1 amide bonds. The summed E-state index contributed by atoms with van der Waals surface area (Å²) in [7, 11) is -3.69. The fraction of sp³-hybridized carbons (Fsp3) is 0.500. The van der Waals surface area contributed by atoms with Crippen molar-refractivity contribution in [2.75, 3.05) is 13.1 Å². The quantitative estimate of drug-likeness (QED) is 0.844. The lowest BCUT2D eigenvalue weighted by molar-refractivity contribution is 0.0507. The molecule has 1 saturated heterocycles. The molecule has 0 bridgehead atoms. The number of pyridine rings is 1. The first-order valence-electron chi connectivity index (χ1n) is 9.47. The van der Waals surface area contributed by atoms with E-state index in [0.717, 1.165) is 16.3 Å². The van der Waals surface area contributed by atoms with Gasteiger partial charge in [-0.1, -0.05) is 19.1 Å². The first kappa shape index (κ1) is 20.5. The predicted molar refractivity (Wildman–Crippen MR) is 108 cm³/mol. The molecule has 1 aromatic carbocycles. The molecular formula is C20H27N3O4S. The van der Waals surface area contributed by atoms with Crippen LogP contribution in [0, 0.1) is 0 Å². The van der Waals surface area contributed by atoms with Crippen LogP contribution in [0.15, 0.2) is 35.5 Å². The van der Waals surface area contributed by atoms with Gasteiger partial charge in [0.1, 0.15) is 5.60 Å². The van der Waals surface area contributed by atoms with E-state index in [-0.39, 0.29) is 12.6 Å². The number of nitrogens with zero attached hydrogens (tertiary/aromatic N) is 2. The molecule has 2 aromatic rings. The van der Waals surface area contributed by atoms with Crippen LogP contribution in [0.5, 0.6) is 0 Å². The second-order valence-electron chi connectivity index (χ2n) is 8.00. The molecule has 0 unspecified atom stereocenters. The van der Waals surface area contributed by atoms with Crippen LogP contribution >= 0.6 is 0 Å². The summed E-state index contributed by atoms with van der Waals surface area (Å²) < 4.78 is 33.4. The zero-order valence-electron chi connectivity index (χ0n) is 16.7. The number of aryl methyl sites for hydroxylation is 1. The zero-order valence-corrected chi connectivity index (χ0v) is 17.5. The average Bonchev–Trinajstić information content (AvgIpc) is 3.08. The number of hydrogen-bond acceptors (Lipinski definition) is 5. The van der Waals surface area contributed by atoms with Gasteiger partial charge in [0.25, 0.3) is 0 Å². The summed E-state index contributed by atoms with van der Waals surface area (Å²) in [6.07, 6.45) is 4.12. The number of ether oxygens (including phenoxy) is 1. The predicted octanol–water partition coefficient (Wildman–Crippen LogP) is 3.08. The Hall–Kier alpha value is -2.19. The number of rotatable bonds is 4. The molecule has 1 aromatic heterocycles. The van der Waals surface area contributed by atoms with E-state index in [2.05, 4.69) is 10.3 Å². The molecule has 0 radical (unpaired) electrons. The van der Waals surface area contributed by atoms with Crippen molar-refractivity contribution in [3.05, 3.63) is 36.2 Å². The van der Waals surface area contributed by atoms with E-state index in [4.69, 9.17) is 4.74 Å². The van der Waals surface area contributed by atoms with Gasteiger partial charge < -0.3 is 10.1 Å². The Kier molecular flexibility index (Phi) is 5.63. The number of carbonyl (C=O) groups is 1. The van der Waals surface area contributed by atoms with Crippen molar-refractivity contribution in [2.24, 2.45) is 0 Å². The summed E-state index contributed by atoms with van der Waals surface area (Å²) in [6, 6.07) is 4.98. The van der Waals surface area contributed by atoms with E-state index in [1.54, 1.807) is 45.3 Å². The summed E-state index contributed by atoms with van der Waals surface area (Å²) in [4.78, 5) is 16.5. The Balaban J connectivity index is 1.83. The number of aromatic nitrogens is 1. The van der Waals surface area contributed by atoms with Crippen molar-refractivity contribution in [3.63, 3.8) is 0 Å². The smallest absolute Gasteiger partial charge is 0.407 e. The van der Waals surface area contributed by atoms with Crippen molar-refractivity contribution in [1.82, 2.24) is 14.6 Å². The third kappa shape index (κ3) is 4.28. The van der Waals surface area contributed by atoms with Gasteiger partial charge in [-0.2, -0.15) is 4.31 Å². The maximum atomic E-state index is 13.3. The Morgan fingerprint density at radius 3 is 2.75 bits per heavy atom. The van der Waals surface area contributed by atoms with Crippen LogP contribution in [0.25, 0.3) is 10.8 Å². The number of amides is 1. The molecule has 3 rings (SSSR count). The number of sulfonamides is 1. The summed E-state index contributed by atoms with van der Waals surface area (Å²) in [5.41, 5.74) is 0.307. The normalized spacial score (nSPS) is 18.4. The van der Waals surface area contributed by atoms with Crippen LogP contribution < -0.4 is 5.32 Å². The highest BCUT2D eigenvalue weighted by Crippen LogP contribution is 2.30. The molecule has 0 spiro atoms. The molecule has 0 aliphatic carbocycles. The van der Waals surface area contributed by atoms with Gasteiger partial charge in [-0.05, 0) is 45.2 Å². The van der Waals surface area contributed by atoms with Crippen LogP contribution in [-0.2, 0) is 21.2 Å². The van der Waals surface area contributed by atoms with Crippen LogP contribution in [0.1, 0.15) is 39.7 Å². The minimum atomic E-state index is -3.69. The van der Waals surface area contributed by atoms with Crippen LogP contribution in [0.3, 0.4) is 0 Å². The van der Waals surface area contributed by atoms with Gasteiger partial charge in [0.05, 0.1) is 4.90 Å². The molecule has 1 fully saturated rings. The summed E-state index contributed by atoms with van der Waals surface area (Å²) in [5.74, 6) is 0. The Morgan fingerprint density at radius 2 is 2.07 bits per heavy atom. The second kappa shape index (κ2) is 7.67. The Labute approximate surface area is 166 Å². The second-order valence-corrected chi connectivity index (χ2v) is 9.91. The topological polar surface area (TPSA) is 88.6 Å². The van der Waals surface area contributed by atoms with Gasteiger partial charge in [0.15, 0.2) is 0 Å². The number of nitrogens with one attached hydrogen (secondary N) is 1. The van der Waals surface area contributed by atoms with Gasteiger partial charge >= 0.3 is 6.09 Å². The van der Waals surface area contributed by atoms with Crippen molar-refractivity contribution < 1.29 is 17.9 Å². The van der Waals surface area contributed by atoms with Crippen molar-refractivity contribution in [2.45, 2.75) is 57.1 Å². The lowest BCUT2D eigenvalue weighted by atomic mass is 10.1. The van der Waals surface area contributed by atoms with E-state index in [1.807, 2.05) is 13.0 Å². The van der Waals surface area contributed by atoms with E-state index in [0.29, 0.717) is 24.3 Å². The molecule has 1 aliphatic rings. The fourth-order valence-electron chi connectivity index (χ4n) is 3.43. The molecule has 7 nitrogen and oxygen atoms in total. The highest BCUT2D eigenvalue weighted by atomic mass is 32.2. The summed E-state index contributed by atoms with van der Waals surface area (Å²) in [6.45, 7) is 7.93. The number of carbonyl (C=O) groups excluding carboxylic acids is 1. The maximum absolute atomic E-state index is 13.3. The largest absolute Gasteiger partial charge is 0.444 e. The van der Waals surface area contributed by atoms with Crippen LogP contribution in [0.4, 0.5) is 4.79 Å². The Morgan fingerprint density at radius 1 is 1.32 bits per heavy atom. The lowest BCUT2D eigenvalue weighted by Crippen LogP contribution is -2.41. The number of benzene rings is 1. The molecule has 152 valence electrons. The Bertz CT molecular complexity index is 977. The summed E-state index contributed by atoms with van der Waals surface area (Å²) in [5, 5.41) is 4.31. The number of fused-ring (bicyclic) bond motifs is 1. The molecular weight excluding hydrogens is 378 g/mol. The van der Waals surface area contributed by atoms with Gasteiger partial charge in [0, 0.05) is 42.3 Å². The van der Waals surface area contributed by atoms with E-state index in [1.165, 1.54) is 4.31 Å². The third-order valence-corrected chi connectivity index (χ3v) is 6.60. The summed E-state index contributed by atoms with van der Waals surface area (Å²) >= 11 is 0. The highest BCUT2D eigenvalue weighted by Gasteiger charge is 2.35. The SMILES string of the molecule is CCc1cncc2cccc(S(=O)(=O)N3CC[C@@H](NC(=O)OC(C)(C)C)C3)c12. The van der Waals surface area contributed by atoms with Crippen molar-refractivity contribution >= 4 is 26.9 Å². The number of hydrogen-bond donors (Lipinski definition) is 1. The third-order valence-electron chi connectivity index (χ3n) is 4.69. The van der Waals surface area contributed by atoms with Gasteiger partial charge in [-0.3, -0.25) is 4.98 Å². The van der Waals surface area contributed by atoms with Crippen molar-refractivity contribution in [3.8, 4) is 0 Å². The minimum Gasteiger partial charge on any atom is -0.444 e. The monoisotopic (exact) mass is 405 g/mol.